The molecule has 4 rings (SSSR count). The minimum absolute atomic E-state index is 0.109. The van der Waals surface area contributed by atoms with Crippen LogP contribution in [-0.2, 0) is 4.79 Å². The number of nitrogens with zero attached hydrogens (tertiary/aromatic N) is 3. The van der Waals surface area contributed by atoms with Gasteiger partial charge in [-0.05, 0) is 49.3 Å². The van der Waals surface area contributed by atoms with E-state index in [9.17, 15) is 18.0 Å². The van der Waals surface area contributed by atoms with Crippen molar-refractivity contribution >= 4 is 17.6 Å². The number of halogens is 3. The summed E-state index contributed by atoms with van der Waals surface area (Å²) in [6, 6.07) is 5.88. The Morgan fingerprint density at radius 3 is 2.39 bits per heavy atom. The van der Waals surface area contributed by atoms with Crippen LogP contribution in [0.2, 0.25) is 0 Å². The van der Waals surface area contributed by atoms with E-state index in [-0.39, 0.29) is 11.3 Å². The van der Waals surface area contributed by atoms with Gasteiger partial charge in [0.25, 0.3) is 5.91 Å². The highest BCUT2D eigenvalue weighted by atomic mass is 19.4. The van der Waals surface area contributed by atoms with Gasteiger partial charge in [0.15, 0.2) is 0 Å². The van der Waals surface area contributed by atoms with Crippen LogP contribution in [0.25, 0.3) is 0 Å². The standard InChI is InChI=1S/C19H23N3O2.C2HF3O2/c23-18(16-4-12-24-14-16)22-9-2-5-19(15-22)6-10-21(11-7-19)17-3-1-8-20-13-17;3-2(4,5)1(6)7/h1,3-4,8,12-14H,2,5-7,9-11,15H2;(H,6,7). The van der Waals surface area contributed by atoms with Gasteiger partial charge in [0.2, 0.25) is 0 Å². The number of furan rings is 1. The summed E-state index contributed by atoms with van der Waals surface area (Å²) < 4.78 is 36.8. The smallest absolute Gasteiger partial charge is 0.475 e. The van der Waals surface area contributed by atoms with Crippen molar-refractivity contribution < 1.29 is 32.3 Å². The fourth-order valence-corrected chi connectivity index (χ4v) is 4.14. The van der Waals surface area contributed by atoms with E-state index >= 15 is 0 Å². The molecule has 168 valence electrons. The number of carboxylic acids is 1. The monoisotopic (exact) mass is 439 g/mol. The first-order chi connectivity index (χ1) is 14.7. The van der Waals surface area contributed by atoms with Gasteiger partial charge in [0.1, 0.15) is 6.26 Å². The van der Waals surface area contributed by atoms with Crippen molar-refractivity contribution in [2.75, 3.05) is 31.1 Å². The Kier molecular flexibility index (Phi) is 6.87. The maximum Gasteiger partial charge on any atom is 0.490 e. The van der Waals surface area contributed by atoms with Gasteiger partial charge in [-0.15, -0.1) is 0 Å². The van der Waals surface area contributed by atoms with Crippen molar-refractivity contribution in [1.29, 1.82) is 0 Å². The predicted molar refractivity (Wildman–Crippen MR) is 106 cm³/mol. The van der Waals surface area contributed by atoms with Crippen LogP contribution in [-0.4, -0.2) is 59.2 Å². The number of carbonyl (C=O) groups is 2. The summed E-state index contributed by atoms with van der Waals surface area (Å²) >= 11 is 0. The molecule has 4 heterocycles. The lowest BCUT2D eigenvalue weighted by atomic mass is 9.72. The van der Waals surface area contributed by atoms with Crippen molar-refractivity contribution in [2.45, 2.75) is 31.9 Å². The molecule has 0 bridgehead atoms. The summed E-state index contributed by atoms with van der Waals surface area (Å²) in [5.41, 5.74) is 2.14. The maximum atomic E-state index is 12.6. The molecule has 2 saturated heterocycles. The first-order valence-corrected chi connectivity index (χ1v) is 9.97. The molecule has 0 atom stereocenters. The van der Waals surface area contributed by atoms with Crippen LogP contribution >= 0.6 is 0 Å². The average Bonchev–Trinajstić information content (AvgIpc) is 3.29. The Balaban J connectivity index is 0.000000339. The molecule has 2 aromatic heterocycles. The molecule has 31 heavy (non-hydrogen) atoms. The largest absolute Gasteiger partial charge is 0.490 e. The molecule has 7 nitrogen and oxygen atoms in total. The average molecular weight is 439 g/mol. The second kappa shape index (κ2) is 9.40. The molecule has 0 saturated carbocycles. The summed E-state index contributed by atoms with van der Waals surface area (Å²) in [5, 5.41) is 7.12. The van der Waals surface area contributed by atoms with E-state index in [0.29, 0.717) is 5.56 Å². The number of alkyl halides is 3. The molecular weight excluding hydrogens is 415 g/mol. The number of hydrogen-bond donors (Lipinski definition) is 1. The third-order valence-electron chi connectivity index (χ3n) is 5.79. The Morgan fingerprint density at radius 1 is 1.13 bits per heavy atom. The van der Waals surface area contributed by atoms with Crippen LogP contribution in [0.4, 0.5) is 18.9 Å². The van der Waals surface area contributed by atoms with E-state index in [1.165, 1.54) is 12.1 Å². The van der Waals surface area contributed by atoms with Crippen LogP contribution in [0.3, 0.4) is 0 Å². The molecular formula is C21H24F3N3O4. The molecule has 2 aromatic rings. The van der Waals surface area contributed by atoms with Crippen LogP contribution in [0, 0.1) is 5.41 Å². The molecule has 0 aromatic carbocycles. The van der Waals surface area contributed by atoms with Gasteiger partial charge in [-0.3, -0.25) is 9.78 Å². The molecule has 10 heteroatoms. The maximum absolute atomic E-state index is 12.6. The lowest BCUT2D eigenvalue weighted by molar-refractivity contribution is -0.192. The number of pyridine rings is 1. The lowest BCUT2D eigenvalue weighted by Gasteiger charge is -2.48. The van der Waals surface area contributed by atoms with E-state index in [0.717, 1.165) is 45.4 Å². The number of anilines is 1. The van der Waals surface area contributed by atoms with Crippen molar-refractivity contribution in [2.24, 2.45) is 5.41 Å². The van der Waals surface area contributed by atoms with Gasteiger partial charge in [-0.2, -0.15) is 13.2 Å². The molecule has 0 aliphatic carbocycles. The molecule has 2 aliphatic heterocycles. The first-order valence-electron chi connectivity index (χ1n) is 9.97. The number of aromatic nitrogens is 1. The molecule has 0 radical (unpaired) electrons. The molecule has 0 unspecified atom stereocenters. The number of carbonyl (C=O) groups excluding carboxylic acids is 1. The molecule has 2 fully saturated rings. The summed E-state index contributed by atoms with van der Waals surface area (Å²) in [6.45, 7) is 3.81. The number of hydrogen-bond acceptors (Lipinski definition) is 5. The fourth-order valence-electron chi connectivity index (χ4n) is 4.14. The molecule has 1 spiro atoms. The van der Waals surface area contributed by atoms with E-state index in [2.05, 4.69) is 16.0 Å². The Morgan fingerprint density at radius 2 is 1.84 bits per heavy atom. The van der Waals surface area contributed by atoms with Crippen molar-refractivity contribution in [3.63, 3.8) is 0 Å². The zero-order valence-electron chi connectivity index (χ0n) is 16.8. The van der Waals surface area contributed by atoms with Gasteiger partial charge in [0, 0.05) is 32.4 Å². The van der Waals surface area contributed by atoms with Crippen LogP contribution in [0.5, 0.6) is 0 Å². The van der Waals surface area contributed by atoms with E-state index in [1.54, 1.807) is 18.6 Å². The third-order valence-corrected chi connectivity index (χ3v) is 5.79. The van der Waals surface area contributed by atoms with Gasteiger partial charge in [-0.25, -0.2) is 4.79 Å². The van der Waals surface area contributed by atoms with Gasteiger partial charge < -0.3 is 19.3 Å². The van der Waals surface area contributed by atoms with Gasteiger partial charge >= 0.3 is 12.1 Å². The van der Waals surface area contributed by atoms with Crippen LogP contribution in [0.1, 0.15) is 36.0 Å². The Bertz CT molecular complexity index is 864. The zero-order valence-corrected chi connectivity index (χ0v) is 16.8. The second-order valence-electron chi connectivity index (χ2n) is 7.84. The molecule has 1 N–H and O–H groups in total. The highest BCUT2D eigenvalue weighted by Crippen LogP contribution is 2.41. The fraction of sp³-hybridized carbons (Fsp3) is 0.476. The number of rotatable bonds is 2. The quantitative estimate of drug-likeness (QED) is 0.765. The third kappa shape index (κ3) is 5.77. The number of likely N-dealkylation sites (tertiary alicyclic amines) is 1. The molecule has 2 aliphatic rings. The van der Waals surface area contributed by atoms with Crippen molar-refractivity contribution in [3.8, 4) is 0 Å². The Labute approximate surface area is 177 Å². The second-order valence-corrected chi connectivity index (χ2v) is 7.84. The van der Waals surface area contributed by atoms with Gasteiger partial charge in [0.05, 0.1) is 23.7 Å². The molecule has 1 amide bonds. The SMILES string of the molecule is O=C(O)C(F)(F)F.O=C(c1ccoc1)N1CCCC2(CCN(c3cccnc3)CC2)C1. The van der Waals surface area contributed by atoms with Crippen LogP contribution < -0.4 is 4.90 Å². The number of aliphatic carboxylic acids is 1. The van der Waals surface area contributed by atoms with Crippen LogP contribution in [0.15, 0.2) is 47.5 Å². The van der Waals surface area contributed by atoms with Crippen molar-refractivity contribution in [1.82, 2.24) is 9.88 Å². The van der Waals surface area contributed by atoms with E-state index in [4.69, 9.17) is 14.3 Å². The number of amides is 1. The predicted octanol–water partition coefficient (Wildman–Crippen LogP) is 3.83. The topological polar surface area (TPSA) is 86.9 Å². The van der Waals surface area contributed by atoms with E-state index in [1.807, 2.05) is 23.4 Å². The zero-order chi connectivity index (χ0) is 22.5. The highest BCUT2D eigenvalue weighted by Gasteiger charge is 2.40. The Hall–Kier alpha value is -3.04. The summed E-state index contributed by atoms with van der Waals surface area (Å²) in [4.78, 5) is 30.2. The summed E-state index contributed by atoms with van der Waals surface area (Å²) in [7, 11) is 0. The van der Waals surface area contributed by atoms with Gasteiger partial charge in [-0.1, -0.05) is 0 Å². The minimum atomic E-state index is -5.08. The summed E-state index contributed by atoms with van der Waals surface area (Å²) in [5.74, 6) is -2.65. The lowest BCUT2D eigenvalue weighted by Crippen LogP contribution is -2.51. The number of carboxylic acid groups (broad SMARTS) is 1. The van der Waals surface area contributed by atoms with Crippen molar-refractivity contribution in [3.05, 3.63) is 48.7 Å². The first kappa shape index (κ1) is 22.6. The van der Waals surface area contributed by atoms with E-state index < -0.39 is 12.1 Å². The minimum Gasteiger partial charge on any atom is -0.475 e. The number of piperidine rings is 2. The normalized spacial score (nSPS) is 18.3. The summed E-state index contributed by atoms with van der Waals surface area (Å²) in [6.07, 6.45) is 6.38. The highest BCUT2D eigenvalue weighted by molar-refractivity contribution is 5.93.